The maximum Gasteiger partial charge on any atom is 0.220 e. The number of hydrogen-bond donors (Lipinski definition) is 2. The predicted octanol–water partition coefficient (Wildman–Crippen LogP) is 3.35. The van der Waals surface area contributed by atoms with E-state index in [-0.39, 0.29) is 23.5 Å². The summed E-state index contributed by atoms with van der Waals surface area (Å²) in [6, 6.07) is 10.6. The molecule has 5 heteroatoms. The summed E-state index contributed by atoms with van der Waals surface area (Å²) < 4.78 is 18.0. The zero-order valence-electron chi connectivity index (χ0n) is 13.2. The number of nitrogens with one attached hydrogen (secondary N) is 1. The van der Waals surface area contributed by atoms with Gasteiger partial charge in [-0.25, -0.2) is 4.39 Å². The highest BCUT2D eigenvalue weighted by atomic mass is 19.1. The average molecular weight is 317 g/mol. The first-order valence-electron chi connectivity index (χ1n) is 7.40. The van der Waals surface area contributed by atoms with Gasteiger partial charge in [-0.2, -0.15) is 0 Å². The molecule has 23 heavy (non-hydrogen) atoms. The van der Waals surface area contributed by atoms with Crippen molar-refractivity contribution in [1.29, 1.82) is 0 Å². The molecular formula is C18H20FNO3. The standard InChI is InChI=1S/C18H20FNO3/c1-12(16-11-15(23-2)8-9-17(16)21)20-18(22)10-5-13-3-6-14(19)7-4-13/h3-4,6-9,11-12,21H,5,10H2,1-2H3,(H,20,22)/t12-/m1/s1. The Morgan fingerprint density at radius 2 is 1.96 bits per heavy atom. The SMILES string of the molecule is COc1ccc(O)c([C@@H](C)NC(=O)CCc2ccc(F)cc2)c1. The molecule has 0 bridgehead atoms. The zero-order chi connectivity index (χ0) is 16.8. The van der Waals surface area contributed by atoms with E-state index in [2.05, 4.69) is 5.32 Å². The number of amides is 1. The summed E-state index contributed by atoms with van der Waals surface area (Å²) in [4.78, 5) is 12.0. The Balaban J connectivity index is 1.93. The summed E-state index contributed by atoms with van der Waals surface area (Å²) in [7, 11) is 1.54. The zero-order valence-corrected chi connectivity index (χ0v) is 13.2. The lowest BCUT2D eigenvalue weighted by Gasteiger charge is -2.16. The van der Waals surface area contributed by atoms with Crippen LogP contribution in [0.3, 0.4) is 0 Å². The van der Waals surface area contributed by atoms with Crippen molar-refractivity contribution in [3.05, 3.63) is 59.4 Å². The quantitative estimate of drug-likeness (QED) is 0.859. The van der Waals surface area contributed by atoms with Gasteiger partial charge in [0.25, 0.3) is 0 Å². The van der Waals surface area contributed by atoms with Crippen LogP contribution < -0.4 is 10.1 Å². The molecule has 122 valence electrons. The summed E-state index contributed by atoms with van der Waals surface area (Å²) in [5, 5.41) is 12.7. The van der Waals surface area contributed by atoms with Gasteiger partial charge in [0, 0.05) is 12.0 Å². The van der Waals surface area contributed by atoms with E-state index in [0.717, 1.165) is 5.56 Å². The maximum absolute atomic E-state index is 12.8. The number of phenolic OH excluding ortho intramolecular Hbond substituents is 1. The minimum absolute atomic E-state index is 0.108. The second kappa shape index (κ2) is 7.63. The first-order valence-corrected chi connectivity index (χ1v) is 7.40. The molecule has 0 aliphatic carbocycles. The molecular weight excluding hydrogens is 297 g/mol. The van der Waals surface area contributed by atoms with Crippen LogP contribution in [-0.2, 0) is 11.2 Å². The highest BCUT2D eigenvalue weighted by Gasteiger charge is 2.14. The predicted molar refractivity (Wildman–Crippen MR) is 85.9 cm³/mol. The van der Waals surface area contributed by atoms with Gasteiger partial charge in [-0.15, -0.1) is 0 Å². The van der Waals surface area contributed by atoms with Crippen molar-refractivity contribution < 1.29 is 19.0 Å². The van der Waals surface area contributed by atoms with Crippen LogP contribution >= 0.6 is 0 Å². The number of methoxy groups -OCH3 is 1. The summed E-state index contributed by atoms with van der Waals surface area (Å²) in [6.45, 7) is 1.80. The molecule has 0 radical (unpaired) electrons. The molecule has 0 aromatic heterocycles. The van der Waals surface area contributed by atoms with Crippen LogP contribution in [-0.4, -0.2) is 18.1 Å². The van der Waals surface area contributed by atoms with E-state index >= 15 is 0 Å². The molecule has 2 aromatic carbocycles. The smallest absolute Gasteiger partial charge is 0.220 e. The van der Waals surface area contributed by atoms with Gasteiger partial charge in [0.15, 0.2) is 0 Å². The van der Waals surface area contributed by atoms with Crippen LogP contribution in [0.2, 0.25) is 0 Å². The van der Waals surface area contributed by atoms with Crippen molar-refractivity contribution in [3.8, 4) is 11.5 Å². The van der Waals surface area contributed by atoms with E-state index in [4.69, 9.17) is 4.74 Å². The molecule has 1 amide bonds. The summed E-state index contributed by atoms with van der Waals surface area (Å²) in [5.74, 6) is 0.298. The van der Waals surface area contributed by atoms with Crippen molar-refractivity contribution in [2.24, 2.45) is 0 Å². The molecule has 0 saturated carbocycles. The topological polar surface area (TPSA) is 58.6 Å². The molecule has 0 aliphatic rings. The Kier molecular flexibility index (Phi) is 5.57. The van der Waals surface area contributed by atoms with Gasteiger partial charge in [0.2, 0.25) is 5.91 Å². The van der Waals surface area contributed by atoms with E-state index in [1.165, 1.54) is 18.2 Å². The monoisotopic (exact) mass is 317 g/mol. The largest absolute Gasteiger partial charge is 0.508 e. The van der Waals surface area contributed by atoms with Gasteiger partial charge in [-0.3, -0.25) is 4.79 Å². The lowest BCUT2D eigenvalue weighted by molar-refractivity contribution is -0.121. The number of aryl methyl sites for hydroxylation is 1. The van der Waals surface area contributed by atoms with E-state index in [0.29, 0.717) is 24.2 Å². The Morgan fingerprint density at radius 1 is 1.26 bits per heavy atom. The minimum atomic E-state index is -0.342. The van der Waals surface area contributed by atoms with Crippen LogP contribution in [0.5, 0.6) is 11.5 Å². The maximum atomic E-state index is 12.8. The number of ether oxygens (including phenoxy) is 1. The van der Waals surface area contributed by atoms with Crippen LogP contribution in [0.15, 0.2) is 42.5 Å². The molecule has 1 atom stereocenters. The van der Waals surface area contributed by atoms with Gasteiger partial charge in [-0.1, -0.05) is 12.1 Å². The van der Waals surface area contributed by atoms with Crippen molar-refractivity contribution >= 4 is 5.91 Å². The van der Waals surface area contributed by atoms with Crippen LogP contribution in [0.1, 0.15) is 30.5 Å². The van der Waals surface area contributed by atoms with Crippen molar-refractivity contribution in [3.63, 3.8) is 0 Å². The first-order chi connectivity index (χ1) is 11.0. The fraction of sp³-hybridized carbons (Fsp3) is 0.278. The number of carbonyl (C=O) groups is 1. The number of benzene rings is 2. The van der Waals surface area contributed by atoms with Gasteiger partial charge >= 0.3 is 0 Å². The molecule has 2 N–H and O–H groups in total. The number of phenols is 1. The van der Waals surface area contributed by atoms with Crippen molar-refractivity contribution in [2.45, 2.75) is 25.8 Å². The van der Waals surface area contributed by atoms with Crippen LogP contribution in [0, 0.1) is 5.82 Å². The van der Waals surface area contributed by atoms with Crippen LogP contribution in [0.25, 0.3) is 0 Å². The number of halogens is 1. The van der Waals surface area contributed by atoms with Gasteiger partial charge < -0.3 is 15.2 Å². The van der Waals surface area contributed by atoms with Crippen molar-refractivity contribution in [1.82, 2.24) is 5.32 Å². The number of carbonyl (C=O) groups excluding carboxylic acids is 1. The Morgan fingerprint density at radius 3 is 2.61 bits per heavy atom. The molecule has 0 saturated heterocycles. The second-order valence-corrected chi connectivity index (χ2v) is 5.34. The fourth-order valence-electron chi connectivity index (χ4n) is 2.31. The summed E-state index contributed by atoms with van der Waals surface area (Å²) >= 11 is 0. The molecule has 2 aromatic rings. The first kappa shape index (κ1) is 16.8. The van der Waals surface area contributed by atoms with Crippen molar-refractivity contribution in [2.75, 3.05) is 7.11 Å². The molecule has 2 rings (SSSR count). The fourth-order valence-corrected chi connectivity index (χ4v) is 2.31. The van der Waals surface area contributed by atoms with Crippen LogP contribution in [0.4, 0.5) is 4.39 Å². The van der Waals surface area contributed by atoms with E-state index in [1.807, 2.05) is 0 Å². The minimum Gasteiger partial charge on any atom is -0.508 e. The number of aromatic hydroxyl groups is 1. The number of rotatable bonds is 6. The third kappa shape index (κ3) is 4.71. The Bertz CT molecular complexity index is 670. The normalized spacial score (nSPS) is 11.8. The third-order valence-electron chi connectivity index (χ3n) is 3.63. The second-order valence-electron chi connectivity index (χ2n) is 5.34. The van der Waals surface area contributed by atoms with E-state index in [9.17, 15) is 14.3 Å². The molecule has 0 aliphatic heterocycles. The third-order valence-corrected chi connectivity index (χ3v) is 3.63. The Hall–Kier alpha value is -2.56. The van der Waals surface area contributed by atoms with E-state index < -0.39 is 0 Å². The molecule has 0 unspecified atom stereocenters. The van der Waals surface area contributed by atoms with Gasteiger partial charge in [0.1, 0.15) is 17.3 Å². The summed E-state index contributed by atoms with van der Waals surface area (Å²) in [6.07, 6.45) is 0.823. The lowest BCUT2D eigenvalue weighted by atomic mass is 10.1. The molecule has 0 heterocycles. The van der Waals surface area contributed by atoms with E-state index in [1.54, 1.807) is 38.3 Å². The molecule has 0 fully saturated rings. The number of hydrogen-bond acceptors (Lipinski definition) is 3. The highest BCUT2D eigenvalue weighted by molar-refractivity contribution is 5.76. The molecule has 4 nitrogen and oxygen atoms in total. The lowest BCUT2D eigenvalue weighted by Crippen LogP contribution is -2.26. The molecule has 0 spiro atoms. The highest BCUT2D eigenvalue weighted by Crippen LogP contribution is 2.28. The van der Waals surface area contributed by atoms with Gasteiger partial charge in [0.05, 0.1) is 13.2 Å². The average Bonchev–Trinajstić information content (AvgIpc) is 2.54. The summed E-state index contributed by atoms with van der Waals surface area (Å²) in [5.41, 5.74) is 1.50. The Labute approximate surface area is 134 Å². The van der Waals surface area contributed by atoms with Gasteiger partial charge in [-0.05, 0) is 49.2 Å².